The summed E-state index contributed by atoms with van der Waals surface area (Å²) >= 11 is 1.77. The van der Waals surface area contributed by atoms with E-state index in [1.165, 1.54) is 10.7 Å². The minimum atomic E-state index is 0.446. The second kappa shape index (κ2) is 10.3. The lowest BCUT2D eigenvalue weighted by Gasteiger charge is -2.20. The van der Waals surface area contributed by atoms with E-state index in [0.29, 0.717) is 6.04 Å². The van der Waals surface area contributed by atoms with Gasteiger partial charge < -0.3 is 15.5 Å². The number of para-hydroxylation sites is 1. The molecule has 1 atom stereocenters. The highest BCUT2D eigenvalue weighted by atomic mass is 32.1. The highest BCUT2D eigenvalue weighted by Gasteiger charge is 2.23. The van der Waals surface area contributed by atoms with Gasteiger partial charge in [0.05, 0.1) is 5.01 Å². The van der Waals surface area contributed by atoms with Crippen molar-refractivity contribution in [2.45, 2.75) is 45.6 Å². The molecule has 3 rings (SSSR count). The molecule has 2 heterocycles. The van der Waals surface area contributed by atoms with Crippen LogP contribution in [0.1, 0.15) is 36.9 Å². The van der Waals surface area contributed by atoms with E-state index in [4.69, 9.17) is 4.99 Å². The van der Waals surface area contributed by atoms with Gasteiger partial charge in [-0.3, -0.25) is 4.99 Å². The summed E-state index contributed by atoms with van der Waals surface area (Å²) in [5.74, 6) is 0.947. The molecule has 27 heavy (non-hydrogen) atoms. The Balaban J connectivity index is 1.42. The van der Waals surface area contributed by atoms with Crippen molar-refractivity contribution in [3.8, 4) is 0 Å². The lowest BCUT2D eigenvalue weighted by atomic mass is 10.2. The average Bonchev–Trinajstić information content (AvgIpc) is 3.31. The summed E-state index contributed by atoms with van der Waals surface area (Å²) in [7, 11) is 0. The van der Waals surface area contributed by atoms with Gasteiger partial charge in [0.2, 0.25) is 0 Å². The number of nitrogens with one attached hydrogen (secondary N) is 2. The van der Waals surface area contributed by atoms with E-state index in [9.17, 15) is 0 Å². The highest BCUT2D eigenvalue weighted by molar-refractivity contribution is 7.09. The fourth-order valence-corrected chi connectivity index (χ4v) is 4.18. The van der Waals surface area contributed by atoms with Crippen LogP contribution < -0.4 is 15.5 Å². The second-order valence-corrected chi connectivity index (χ2v) is 7.95. The number of aromatic nitrogens is 1. The quantitative estimate of drug-likeness (QED) is 0.414. The first kappa shape index (κ1) is 19.7. The number of aryl methyl sites for hydroxylation is 2. The molecule has 1 aromatic heterocycles. The normalized spacial score (nSPS) is 17.3. The Labute approximate surface area is 166 Å². The summed E-state index contributed by atoms with van der Waals surface area (Å²) in [5, 5.41) is 10.4. The van der Waals surface area contributed by atoms with E-state index >= 15 is 0 Å². The van der Waals surface area contributed by atoms with Gasteiger partial charge in [0.25, 0.3) is 0 Å². The Bertz CT molecular complexity index is 712. The van der Waals surface area contributed by atoms with Crippen LogP contribution in [-0.2, 0) is 6.42 Å². The number of unbranched alkanes of at least 4 members (excludes halogenated alkanes) is 1. The molecule has 0 radical (unpaired) electrons. The van der Waals surface area contributed by atoms with Crippen LogP contribution >= 0.6 is 11.3 Å². The molecule has 0 amide bonds. The Morgan fingerprint density at radius 1 is 1.30 bits per heavy atom. The first-order valence-corrected chi connectivity index (χ1v) is 10.9. The van der Waals surface area contributed by atoms with E-state index in [1.807, 2.05) is 0 Å². The Morgan fingerprint density at radius 2 is 2.15 bits per heavy atom. The van der Waals surface area contributed by atoms with Gasteiger partial charge >= 0.3 is 0 Å². The molecule has 1 aliphatic rings. The van der Waals surface area contributed by atoms with E-state index in [0.717, 1.165) is 63.5 Å². The highest BCUT2D eigenvalue weighted by Crippen LogP contribution is 2.19. The summed E-state index contributed by atoms with van der Waals surface area (Å²) in [6.07, 6.45) is 4.44. The second-order valence-electron chi connectivity index (χ2n) is 7.01. The van der Waals surface area contributed by atoms with Crippen LogP contribution in [0.25, 0.3) is 0 Å². The Kier molecular flexibility index (Phi) is 7.51. The minimum Gasteiger partial charge on any atom is -0.369 e. The van der Waals surface area contributed by atoms with Crippen LogP contribution in [0.2, 0.25) is 0 Å². The number of thiazole rings is 1. The van der Waals surface area contributed by atoms with Crippen LogP contribution in [0, 0.1) is 6.92 Å². The van der Waals surface area contributed by atoms with Crippen molar-refractivity contribution in [2.24, 2.45) is 4.99 Å². The first-order chi connectivity index (χ1) is 13.2. The zero-order valence-corrected chi connectivity index (χ0v) is 17.3. The molecular formula is C21H31N5S. The fourth-order valence-electron chi connectivity index (χ4n) is 3.36. The molecule has 6 heteroatoms. The van der Waals surface area contributed by atoms with Gasteiger partial charge in [0.1, 0.15) is 0 Å². The molecule has 1 aromatic carbocycles. The third kappa shape index (κ3) is 6.24. The van der Waals surface area contributed by atoms with Gasteiger partial charge in [-0.15, -0.1) is 11.3 Å². The number of benzene rings is 1. The zero-order valence-electron chi connectivity index (χ0n) is 16.4. The van der Waals surface area contributed by atoms with Crippen molar-refractivity contribution in [3.63, 3.8) is 0 Å². The van der Waals surface area contributed by atoms with Crippen LogP contribution in [0.15, 0.2) is 40.7 Å². The van der Waals surface area contributed by atoms with E-state index in [1.54, 1.807) is 11.3 Å². The molecule has 1 aliphatic heterocycles. The standard InChI is InChI=1S/C21H31N5S/c1-3-22-21(23-13-8-7-11-20-24-17(2)16-27-20)25-18-12-14-26(15-18)19-9-5-4-6-10-19/h4-6,9-10,16,18H,3,7-8,11-15H2,1-2H3,(H2,22,23,25). The summed E-state index contributed by atoms with van der Waals surface area (Å²) in [4.78, 5) is 11.7. The average molecular weight is 386 g/mol. The number of hydrogen-bond acceptors (Lipinski definition) is 4. The van der Waals surface area contributed by atoms with E-state index < -0.39 is 0 Å². The van der Waals surface area contributed by atoms with Crippen molar-refractivity contribution < 1.29 is 0 Å². The van der Waals surface area contributed by atoms with Gasteiger partial charge in [-0.2, -0.15) is 0 Å². The number of rotatable bonds is 8. The van der Waals surface area contributed by atoms with E-state index in [-0.39, 0.29) is 0 Å². The predicted octanol–water partition coefficient (Wildman–Crippen LogP) is 3.61. The number of hydrogen-bond donors (Lipinski definition) is 2. The molecular weight excluding hydrogens is 354 g/mol. The summed E-state index contributed by atoms with van der Waals surface area (Å²) in [6.45, 7) is 8.04. The van der Waals surface area contributed by atoms with Crippen molar-refractivity contribution >= 4 is 23.0 Å². The molecule has 0 spiro atoms. The fraction of sp³-hybridized carbons (Fsp3) is 0.524. The number of guanidine groups is 1. The maximum atomic E-state index is 4.77. The molecule has 0 saturated carbocycles. The van der Waals surface area contributed by atoms with Gasteiger partial charge in [0, 0.05) is 49.0 Å². The van der Waals surface area contributed by atoms with Crippen molar-refractivity contribution in [3.05, 3.63) is 46.4 Å². The van der Waals surface area contributed by atoms with Crippen LogP contribution in [0.4, 0.5) is 5.69 Å². The van der Waals surface area contributed by atoms with Crippen molar-refractivity contribution in [2.75, 3.05) is 31.1 Å². The number of nitrogens with zero attached hydrogens (tertiary/aromatic N) is 3. The van der Waals surface area contributed by atoms with Gasteiger partial charge in [-0.05, 0) is 51.7 Å². The molecule has 1 saturated heterocycles. The molecule has 2 N–H and O–H groups in total. The molecule has 1 fully saturated rings. The van der Waals surface area contributed by atoms with Gasteiger partial charge in [-0.1, -0.05) is 18.2 Å². The SMILES string of the molecule is CCNC(=NCCCCc1nc(C)cs1)NC1CCN(c2ccccc2)C1. The summed E-state index contributed by atoms with van der Waals surface area (Å²) in [6, 6.07) is 11.1. The molecule has 146 valence electrons. The smallest absolute Gasteiger partial charge is 0.191 e. The predicted molar refractivity (Wildman–Crippen MR) is 116 cm³/mol. The maximum absolute atomic E-state index is 4.77. The first-order valence-electron chi connectivity index (χ1n) is 10.0. The van der Waals surface area contributed by atoms with Gasteiger partial charge in [-0.25, -0.2) is 4.98 Å². The third-order valence-corrected chi connectivity index (χ3v) is 5.76. The largest absolute Gasteiger partial charge is 0.369 e. The number of anilines is 1. The Morgan fingerprint density at radius 3 is 2.89 bits per heavy atom. The summed E-state index contributed by atoms with van der Waals surface area (Å²) < 4.78 is 0. The van der Waals surface area contributed by atoms with Crippen molar-refractivity contribution in [1.29, 1.82) is 0 Å². The van der Waals surface area contributed by atoms with Crippen LogP contribution in [0.3, 0.4) is 0 Å². The number of aliphatic imine (C=N–C) groups is 1. The third-order valence-electron chi connectivity index (χ3n) is 4.73. The van der Waals surface area contributed by atoms with Crippen molar-refractivity contribution in [1.82, 2.24) is 15.6 Å². The zero-order chi connectivity index (χ0) is 18.9. The van der Waals surface area contributed by atoms with E-state index in [2.05, 4.69) is 70.1 Å². The molecule has 5 nitrogen and oxygen atoms in total. The monoisotopic (exact) mass is 385 g/mol. The topological polar surface area (TPSA) is 52.6 Å². The molecule has 2 aromatic rings. The molecule has 1 unspecified atom stereocenters. The maximum Gasteiger partial charge on any atom is 0.191 e. The van der Waals surface area contributed by atoms with Crippen LogP contribution in [-0.4, -0.2) is 43.2 Å². The lowest BCUT2D eigenvalue weighted by Crippen LogP contribution is -2.44. The molecule has 0 bridgehead atoms. The molecule has 0 aliphatic carbocycles. The Hall–Kier alpha value is -2.08. The summed E-state index contributed by atoms with van der Waals surface area (Å²) in [5.41, 5.74) is 2.44. The van der Waals surface area contributed by atoms with Gasteiger partial charge in [0.15, 0.2) is 5.96 Å². The lowest BCUT2D eigenvalue weighted by molar-refractivity contribution is 0.645. The minimum absolute atomic E-state index is 0.446. The van der Waals surface area contributed by atoms with Crippen LogP contribution in [0.5, 0.6) is 0 Å².